The van der Waals surface area contributed by atoms with Crippen LogP contribution in [0.3, 0.4) is 0 Å². The number of quaternary nitrogens is 1. The van der Waals surface area contributed by atoms with Crippen LogP contribution in [0.4, 0.5) is 0 Å². The summed E-state index contributed by atoms with van der Waals surface area (Å²) in [5, 5.41) is 11.7. The highest BCUT2D eigenvalue weighted by Crippen LogP contribution is 2.40. The third-order valence-electron chi connectivity index (χ3n) is 6.06. The van der Waals surface area contributed by atoms with E-state index < -0.39 is 15.7 Å². The lowest BCUT2D eigenvalue weighted by Crippen LogP contribution is -2.58. The second-order valence-corrected chi connectivity index (χ2v) is 10.5. The summed E-state index contributed by atoms with van der Waals surface area (Å²) in [4.78, 5) is 2.49. The molecule has 2 fully saturated rings. The lowest BCUT2D eigenvalue weighted by Gasteiger charge is -2.45. The zero-order valence-corrected chi connectivity index (χ0v) is 18.4. The van der Waals surface area contributed by atoms with Crippen molar-refractivity contribution in [2.75, 3.05) is 53.1 Å². The first-order valence-electron chi connectivity index (χ1n) is 10.2. The van der Waals surface area contributed by atoms with Crippen molar-refractivity contribution in [3.63, 3.8) is 0 Å². The van der Waals surface area contributed by atoms with E-state index in [1.165, 1.54) is 45.2 Å². The van der Waals surface area contributed by atoms with E-state index in [1.807, 2.05) is 6.07 Å². The Morgan fingerprint density at radius 2 is 1.57 bits per heavy atom. The summed E-state index contributed by atoms with van der Waals surface area (Å²) >= 11 is 0. The smallest absolute Gasteiger partial charge is 0.261 e. The molecule has 1 saturated carbocycles. The van der Waals surface area contributed by atoms with E-state index in [4.69, 9.17) is 4.55 Å². The maximum atomic E-state index is 11.7. The molecule has 2 aliphatic rings. The molecule has 1 saturated heterocycles. The second kappa shape index (κ2) is 9.67. The van der Waals surface area contributed by atoms with Gasteiger partial charge in [0.2, 0.25) is 0 Å². The van der Waals surface area contributed by atoms with Crippen molar-refractivity contribution in [3.8, 4) is 0 Å². The molecule has 1 atom stereocenters. The lowest BCUT2D eigenvalue weighted by molar-refractivity contribution is -0.894. The van der Waals surface area contributed by atoms with Crippen LogP contribution < -0.4 is 0 Å². The molecule has 1 aromatic carbocycles. The first kappa shape index (κ1) is 23.3. The van der Waals surface area contributed by atoms with Crippen LogP contribution in [0.2, 0.25) is 0 Å². The summed E-state index contributed by atoms with van der Waals surface area (Å²) in [7, 11) is 0.948. The van der Waals surface area contributed by atoms with Crippen LogP contribution in [0.5, 0.6) is 0 Å². The Kier molecular flexibility index (Phi) is 8.05. The molecular weight excluding hydrogens is 376 g/mol. The van der Waals surface area contributed by atoms with E-state index in [0.717, 1.165) is 29.7 Å². The van der Waals surface area contributed by atoms with Crippen molar-refractivity contribution in [2.24, 2.45) is 5.92 Å². The predicted octanol–water partition coefficient (Wildman–Crippen LogP) is 2.35. The quantitative estimate of drug-likeness (QED) is 0.585. The third kappa shape index (κ3) is 7.44. The molecule has 6 nitrogen and oxygen atoms in total. The molecule has 3 rings (SSSR count). The van der Waals surface area contributed by atoms with Crippen LogP contribution in [0, 0.1) is 5.92 Å². The number of hydrogen-bond acceptors (Lipinski definition) is 4. The molecule has 0 aromatic heterocycles. The zero-order chi connectivity index (χ0) is 20.8. The van der Waals surface area contributed by atoms with Gasteiger partial charge in [0.25, 0.3) is 10.1 Å². The molecule has 1 unspecified atom stereocenters. The van der Waals surface area contributed by atoms with Crippen molar-refractivity contribution in [1.29, 1.82) is 0 Å². The fourth-order valence-electron chi connectivity index (χ4n) is 4.31. The van der Waals surface area contributed by atoms with Gasteiger partial charge >= 0.3 is 0 Å². The molecule has 0 radical (unpaired) electrons. The fraction of sp³-hybridized carbons (Fsp3) is 0.714. The molecule has 1 aliphatic carbocycles. The molecule has 0 spiro atoms. The van der Waals surface area contributed by atoms with Gasteiger partial charge in [-0.05, 0) is 24.3 Å². The van der Waals surface area contributed by atoms with Crippen molar-refractivity contribution >= 4 is 10.1 Å². The van der Waals surface area contributed by atoms with Gasteiger partial charge in [0.05, 0.1) is 33.4 Å². The number of aliphatic hydroxyl groups is 1. The SMILES string of the molecule is CS(=O)(=O)O.C[N+]1(C)CCN(CC(O)(c2ccccc2)C2CCCCC2)CC1. The Hall–Kier alpha value is -0.990. The Morgan fingerprint density at radius 1 is 1.07 bits per heavy atom. The van der Waals surface area contributed by atoms with Crippen LogP contribution in [-0.2, 0) is 15.7 Å². The molecule has 2 N–H and O–H groups in total. The summed E-state index contributed by atoms with van der Waals surface area (Å²) in [6.45, 7) is 5.33. The van der Waals surface area contributed by atoms with Gasteiger partial charge < -0.3 is 9.59 Å². The van der Waals surface area contributed by atoms with Gasteiger partial charge in [0.15, 0.2) is 0 Å². The molecule has 160 valence electrons. The van der Waals surface area contributed by atoms with Gasteiger partial charge in [0.1, 0.15) is 5.60 Å². The predicted molar refractivity (Wildman–Crippen MR) is 113 cm³/mol. The van der Waals surface area contributed by atoms with Gasteiger partial charge in [-0.25, -0.2) is 0 Å². The van der Waals surface area contributed by atoms with Crippen molar-refractivity contribution in [3.05, 3.63) is 35.9 Å². The number of β-amino-alcohol motifs (C(OH)–C–C–N with tert-alkyl or cyclic N) is 1. The van der Waals surface area contributed by atoms with E-state index in [2.05, 4.69) is 43.3 Å². The molecule has 7 heteroatoms. The monoisotopic (exact) mass is 413 g/mol. The lowest BCUT2D eigenvalue weighted by atomic mass is 9.73. The summed E-state index contributed by atoms with van der Waals surface area (Å²) < 4.78 is 27.0. The molecule has 0 bridgehead atoms. The molecule has 28 heavy (non-hydrogen) atoms. The van der Waals surface area contributed by atoms with Crippen LogP contribution in [0.25, 0.3) is 0 Å². The van der Waals surface area contributed by atoms with E-state index in [0.29, 0.717) is 12.2 Å². The van der Waals surface area contributed by atoms with Crippen molar-refractivity contribution in [1.82, 2.24) is 4.90 Å². The van der Waals surface area contributed by atoms with Crippen LogP contribution >= 0.6 is 0 Å². The number of nitrogens with zero attached hydrogens (tertiary/aromatic N) is 2. The minimum atomic E-state index is -3.67. The maximum Gasteiger partial charge on any atom is 0.261 e. The minimum absolute atomic E-state index is 0.406. The number of piperazine rings is 1. The number of rotatable bonds is 4. The molecule has 1 aromatic rings. The molecule has 1 aliphatic heterocycles. The fourth-order valence-corrected chi connectivity index (χ4v) is 4.31. The van der Waals surface area contributed by atoms with Gasteiger partial charge in [-0.3, -0.25) is 9.45 Å². The van der Waals surface area contributed by atoms with E-state index in [9.17, 15) is 13.5 Å². The second-order valence-electron chi connectivity index (χ2n) is 9.02. The number of likely N-dealkylation sites (N-methyl/N-ethyl adjacent to an activating group) is 1. The van der Waals surface area contributed by atoms with Gasteiger partial charge in [-0.1, -0.05) is 49.6 Å². The van der Waals surface area contributed by atoms with Crippen LogP contribution in [0.1, 0.15) is 37.7 Å². The number of benzene rings is 1. The first-order valence-corrected chi connectivity index (χ1v) is 12.1. The Bertz CT molecular complexity index is 684. The molecule has 1 heterocycles. The highest BCUT2D eigenvalue weighted by molar-refractivity contribution is 7.85. The van der Waals surface area contributed by atoms with E-state index >= 15 is 0 Å². The standard InChI is InChI=1S/C20H33N2O.CH4O3S/c1-22(2)15-13-21(14-16-22)17-20(23,18-9-5-3-6-10-18)19-11-7-4-8-12-19;1-5(2,3)4/h3,5-6,9-10,19,23H,4,7-8,11-17H2,1-2H3;1H3,(H,2,3,4)/q+1;. The molecule has 0 amide bonds. The summed E-state index contributed by atoms with van der Waals surface area (Å²) in [6, 6.07) is 10.4. The van der Waals surface area contributed by atoms with Crippen LogP contribution in [0.15, 0.2) is 30.3 Å². The third-order valence-corrected chi connectivity index (χ3v) is 6.06. The maximum absolute atomic E-state index is 11.7. The summed E-state index contributed by atoms with van der Waals surface area (Å²) in [5.41, 5.74) is 0.433. The van der Waals surface area contributed by atoms with Gasteiger partial charge in [0, 0.05) is 19.6 Å². The minimum Gasteiger partial charge on any atom is -0.384 e. The van der Waals surface area contributed by atoms with E-state index in [-0.39, 0.29) is 0 Å². The zero-order valence-electron chi connectivity index (χ0n) is 17.5. The number of hydrogen-bond donors (Lipinski definition) is 2. The topological polar surface area (TPSA) is 77.8 Å². The van der Waals surface area contributed by atoms with Gasteiger partial charge in [-0.15, -0.1) is 0 Å². The highest BCUT2D eigenvalue weighted by atomic mass is 32.2. The Labute approximate surface area is 170 Å². The normalized spacial score (nSPS) is 23.3. The van der Waals surface area contributed by atoms with Crippen molar-refractivity contribution in [2.45, 2.75) is 37.7 Å². The largest absolute Gasteiger partial charge is 0.384 e. The van der Waals surface area contributed by atoms with Crippen LogP contribution in [-0.4, -0.2) is 80.5 Å². The summed E-state index contributed by atoms with van der Waals surface area (Å²) in [6.07, 6.45) is 6.92. The van der Waals surface area contributed by atoms with Crippen molar-refractivity contribution < 1.29 is 22.6 Å². The first-order chi connectivity index (χ1) is 13.0. The van der Waals surface area contributed by atoms with Gasteiger partial charge in [-0.2, -0.15) is 8.42 Å². The average molecular weight is 414 g/mol. The Balaban J connectivity index is 0.000000500. The summed E-state index contributed by atoms with van der Waals surface area (Å²) in [5.74, 6) is 0.406. The average Bonchev–Trinajstić information content (AvgIpc) is 2.63. The van der Waals surface area contributed by atoms with E-state index in [1.54, 1.807) is 0 Å². The molecular formula is C21H37N2O4S+. The highest BCUT2D eigenvalue weighted by Gasteiger charge is 2.41. The Morgan fingerprint density at radius 3 is 2.07 bits per heavy atom.